The predicted molar refractivity (Wildman–Crippen MR) is 88.6 cm³/mol. The molecule has 0 aliphatic rings. The number of imidazole rings is 1. The summed E-state index contributed by atoms with van der Waals surface area (Å²) in [7, 11) is 0. The first-order chi connectivity index (χ1) is 10.7. The van der Waals surface area contributed by atoms with Crippen LogP contribution in [-0.2, 0) is 11.2 Å². The van der Waals surface area contributed by atoms with Crippen molar-refractivity contribution < 1.29 is 4.79 Å². The Bertz CT molecular complexity index is 742. The highest BCUT2D eigenvalue weighted by Crippen LogP contribution is 2.28. The number of carbonyl (C=O) groups is 1. The fourth-order valence-electron chi connectivity index (χ4n) is 2.28. The number of nitrogens with zero attached hydrogens (tertiary/aromatic N) is 4. The normalized spacial score (nSPS) is 11.4. The van der Waals surface area contributed by atoms with E-state index in [1.807, 2.05) is 22.2 Å². The summed E-state index contributed by atoms with van der Waals surface area (Å²) in [5, 5.41) is 14.6. The van der Waals surface area contributed by atoms with E-state index in [1.54, 1.807) is 11.3 Å². The maximum absolute atomic E-state index is 12.1. The second kappa shape index (κ2) is 6.53. The number of aromatic nitrogens is 4. The molecule has 0 bridgehead atoms. The van der Waals surface area contributed by atoms with Crippen molar-refractivity contribution in [2.24, 2.45) is 0 Å². The Balaban J connectivity index is 1.63. The lowest BCUT2D eigenvalue weighted by molar-refractivity contribution is -0.115. The monoisotopic (exact) mass is 335 g/mol. The number of carbonyl (C=O) groups excluding carboxylic acids is 1. The summed E-state index contributed by atoms with van der Waals surface area (Å²) >= 11 is 3.01. The summed E-state index contributed by atoms with van der Waals surface area (Å²) < 4.78 is 1.92. The van der Waals surface area contributed by atoms with E-state index >= 15 is 0 Å². The average molecular weight is 335 g/mol. The first-order valence-electron chi connectivity index (χ1n) is 7.24. The van der Waals surface area contributed by atoms with Gasteiger partial charge in [0.05, 0.1) is 12.1 Å². The van der Waals surface area contributed by atoms with Gasteiger partial charge in [0.25, 0.3) is 0 Å². The van der Waals surface area contributed by atoms with Gasteiger partial charge in [0.1, 0.15) is 5.01 Å². The van der Waals surface area contributed by atoms with Crippen molar-refractivity contribution in [3.8, 4) is 0 Å². The number of rotatable bonds is 6. The molecule has 0 aliphatic heterocycles. The van der Waals surface area contributed by atoms with Gasteiger partial charge in [-0.2, -0.15) is 0 Å². The second-order valence-corrected chi connectivity index (χ2v) is 6.89. The highest BCUT2D eigenvalue weighted by molar-refractivity contribution is 7.15. The molecule has 0 atom stereocenters. The van der Waals surface area contributed by atoms with Gasteiger partial charge in [-0.15, -0.1) is 21.5 Å². The number of nitrogens with one attached hydrogen (secondary N) is 1. The zero-order valence-corrected chi connectivity index (χ0v) is 14.1. The molecule has 22 heavy (non-hydrogen) atoms. The maximum Gasteiger partial charge on any atom is 0.232 e. The van der Waals surface area contributed by atoms with Crippen molar-refractivity contribution in [2.75, 3.05) is 5.32 Å². The molecule has 0 unspecified atom stereocenters. The van der Waals surface area contributed by atoms with E-state index in [9.17, 15) is 4.79 Å². The minimum absolute atomic E-state index is 0.113. The minimum Gasteiger partial charge on any atom is -0.300 e. The van der Waals surface area contributed by atoms with Crippen molar-refractivity contribution in [1.82, 2.24) is 19.6 Å². The van der Waals surface area contributed by atoms with Crippen LogP contribution in [0, 0.1) is 0 Å². The molecular weight excluding hydrogens is 318 g/mol. The van der Waals surface area contributed by atoms with E-state index in [1.165, 1.54) is 11.3 Å². The lowest BCUT2D eigenvalue weighted by Crippen LogP contribution is -2.14. The molecule has 3 aromatic heterocycles. The standard InChI is InChI=1S/C14H17N5OS2/c1-3-9(4-2)12-17-18-13(22-12)16-11(20)7-10-8-19-5-6-21-14(19)15-10/h5-6,8-9H,3-4,7H2,1-2H3,(H,16,18,20). The van der Waals surface area contributed by atoms with Crippen LogP contribution in [-0.4, -0.2) is 25.5 Å². The van der Waals surface area contributed by atoms with Crippen LogP contribution in [0.2, 0.25) is 0 Å². The molecule has 0 saturated carbocycles. The molecule has 0 radical (unpaired) electrons. The van der Waals surface area contributed by atoms with Gasteiger partial charge < -0.3 is 5.32 Å². The Morgan fingerprint density at radius 3 is 2.91 bits per heavy atom. The molecular formula is C14H17N5OS2. The number of hydrogen-bond donors (Lipinski definition) is 1. The minimum atomic E-state index is -0.113. The highest BCUT2D eigenvalue weighted by Gasteiger charge is 2.15. The van der Waals surface area contributed by atoms with Crippen molar-refractivity contribution in [1.29, 1.82) is 0 Å². The first kappa shape index (κ1) is 15.1. The Hall–Kier alpha value is -1.80. The third kappa shape index (κ3) is 3.17. The number of amides is 1. The highest BCUT2D eigenvalue weighted by atomic mass is 32.1. The Labute approximate surface area is 136 Å². The van der Waals surface area contributed by atoms with Gasteiger partial charge >= 0.3 is 0 Å². The fourth-order valence-corrected chi connectivity index (χ4v) is 4.02. The first-order valence-corrected chi connectivity index (χ1v) is 8.93. The van der Waals surface area contributed by atoms with Gasteiger partial charge in [0.15, 0.2) is 4.96 Å². The zero-order chi connectivity index (χ0) is 15.5. The van der Waals surface area contributed by atoms with E-state index < -0.39 is 0 Å². The number of thiazole rings is 1. The topological polar surface area (TPSA) is 72.2 Å². The molecule has 8 heteroatoms. The quantitative estimate of drug-likeness (QED) is 0.750. The van der Waals surface area contributed by atoms with Gasteiger partial charge in [-0.25, -0.2) is 4.98 Å². The second-order valence-electron chi connectivity index (χ2n) is 5.01. The molecule has 1 N–H and O–H groups in total. The zero-order valence-electron chi connectivity index (χ0n) is 12.4. The van der Waals surface area contributed by atoms with E-state index in [0.29, 0.717) is 11.0 Å². The Morgan fingerprint density at radius 1 is 1.36 bits per heavy atom. The van der Waals surface area contributed by atoms with Gasteiger partial charge in [0, 0.05) is 23.7 Å². The van der Waals surface area contributed by atoms with Crippen LogP contribution < -0.4 is 5.32 Å². The molecule has 3 aromatic rings. The van der Waals surface area contributed by atoms with E-state index in [-0.39, 0.29) is 12.3 Å². The third-order valence-electron chi connectivity index (χ3n) is 3.51. The Kier molecular flexibility index (Phi) is 4.49. The summed E-state index contributed by atoms with van der Waals surface area (Å²) in [6.07, 6.45) is 6.12. The molecule has 0 spiro atoms. The van der Waals surface area contributed by atoms with Gasteiger partial charge in [-0.05, 0) is 12.8 Å². The van der Waals surface area contributed by atoms with Crippen LogP contribution in [0.3, 0.4) is 0 Å². The Morgan fingerprint density at radius 2 is 2.18 bits per heavy atom. The molecule has 6 nitrogen and oxygen atoms in total. The van der Waals surface area contributed by atoms with Crippen LogP contribution >= 0.6 is 22.7 Å². The summed E-state index contributed by atoms with van der Waals surface area (Å²) in [6, 6.07) is 0. The maximum atomic E-state index is 12.1. The number of fused-ring (bicyclic) bond motifs is 1. The van der Waals surface area contributed by atoms with E-state index in [4.69, 9.17) is 0 Å². The summed E-state index contributed by atoms with van der Waals surface area (Å²) in [5.74, 6) is 0.307. The molecule has 0 aliphatic carbocycles. The smallest absolute Gasteiger partial charge is 0.232 e. The van der Waals surface area contributed by atoms with Gasteiger partial charge in [-0.3, -0.25) is 9.20 Å². The van der Waals surface area contributed by atoms with Crippen molar-refractivity contribution in [3.63, 3.8) is 0 Å². The van der Waals surface area contributed by atoms with Crippen LogP contribution in [0.4, 0.5) is 5.13 Å². The lowest BCUT2D eigenvalue weighted by atomic mass is 10.1. The van der Waals surface area contributed by atoms with Crippen molar-refractivity contribution in [2.45, 2.75) is 39.0 Å². The van der Waals surface area contributed by atoms with E-state index in [0.717, 1.165) is 28.5 Å². The molecule has 3 rings (SSSR count). The number of hydrogen-bond acceptors (Lipinski definition) is 6. The summed E-state index contributed by atoms with van der Waals surface area (Å²) in [6.45, 7) is 4.27. The molecule has 3 heterocycles. The fraction of sp³-hybridized carbons (Fsp3) is 0.429. The lowest BCUT2D eigenvalue weighted by Gasteiger charge is -2.05. The van der Waals surface area contributed by atoms with Crippen molar-refractivity contribution >= 4 is 38.7 Å². The van der Waals surface area contributed by atoms with Crippen LogP contribution in [0.25, 0.3) is 4.96 Å². The molecule has 0 aromatic carbocycles. The largest absolute Gasteiger partial charge is 0.300 e. The summed E-state index contributed by atoms with van der Waals surface area (Å²) in [5.41, 5.74) is 0.758. The van der Waals surface area contributed by atoms with Crippen LogP contribution in [0.1, 0.15) is 43.3 Å². The SMILES string of the molecule is CCC(CC)c1nnc(NC(=O)Cc2cn3ccsc3n2)s1. The molecule has 1 amide bonds. The summed E-state index contributed by atoms with van der Waals surface area (Å²) in [4.78, 5) is 17.4. The third-order valence-corrected chi connectivity index (χ3v) is 5.28. The van der Waals surface area contributed by atoms with Gasteiger partial charge in [0.2, 0.25) is 11.0 Å². The van der Waals surface area contributed by atoms with Crippen molar-refractivity contribution in [3.05, 3.63) is 28.5 Å². The van der Waals surface area contributed by atoms with E-state index in [2.05, 4.69) is 34.3 Å². The number of anilines is 1. The average Bonchev–Trinajstić information content (AvgIpc) is 3.16. The molecule has 116 valence electrons. The predicted octanol–water partition coefficient (Wildman–Crippen LogP) is 3.33. The molecule has 0 saturated heterocycles. The van der Waals surface area contributed by atoms with Gasteiger partial charge in [-0.1, -0.05) is 25.2 Å². The molecule has 0 fully saturated rings. The van der Waals surface area contributed by atoms with Crippen LogP contribution in [0.5, 0.6) is 0 Å². The van der Waals surface area contributed by atoms with Crippen LogP contribution in [0.15, 0.2) is 17.8 Å².